The van der Waals surface area contributed by atoms with Gasteiger partial charge in [-0.3, -0.25) is 4.79 Å². The van der Waals surface area contributed by atoms with Crippen LogP contribution in [0.25, 0.3) is 16.9 Å². The van der Waals surface area contributed by atoms with Gasteiger partial charge in [0.25, 0.3) is 5.91 Å². The number of ether oxygens (including phenoxy) is 2. The summed E-state index contributed by atoms with van der Waals surface area (Å²) in [5.74, 6) is -2.03. The van der Waals surface area contributed by atoms with Gasteiger partial charge in [0.05, 0.1) is 17.9 Å². The minimum Gasteiger partial charge on any atom is -0.490 e. The quantitative estimate of drug-likeness (QED) is 0.250. The largest absolute Gasteiger partial charge is 0.490 e. The van der Waals surface area contributed by atoms with E-state index in [4.69, 9.17) is 21.1 Å². The van der Waals surface area contributed by atoms with Crippen LogP contribution >= 0.6 is 11.6 Å². The second-order valence-electron chi connectivity index (χ2n) is 11.6. The summed E-state index contributed by atoms with van der Waals surface area (Å²) in [5.41, 5.74) is 3.19. The second kappa shape index (κ2) is 11.9. The highest BCUT2D eigenvalue weighted by Gasteiger charge is 2.35. The highest BCUT2D eigenvalue weighted by Crippen LogP contribution is 2.41. The first-order valence-corrected chi connectivity index (χ1v) is 14.5. The van der Waals surface area contributed by atoms with Crippen LogP contribution < -0.4 is 10.1 Å². The number of aliphatic carboxylic acids is 1. The number of nitrogens with one attached hydrogen (secondary N) is 1. The van der Waals surface area contributed by atoms with Crippen LogP contribution in [0.4, 0.5) is 4.39 Å². The van der Waals surface area contributed by atoms with Crippen molar-refractivity contribution in [3.05, 3.63) is 80.9 Å². The van der Waals surface area contributed by atoms with Crippen LogP contribution in [-0.2, 0) is 22.4 Å². The first-order valence-electron chi connectivity index (χ1n) is 14.1. The number of fused-ring (bicyclic) bond motifs is 2. The Kier molecular flexibility index (Phi) is 8.45. The molecule has 9 nitrogen and oxygen atoms in total. The Balaban J connectivity index is 1.65. The number of carboxylic acids is 1. The van der Waals surface area contributed by atoms with E-state index in [0.717, 1.165) is 17.5 Å². The SMILES string of the molecule is Cc1nc2cc(C(=O)NCCc3ccccc3Cl)nn2c(-c2cc(F)c3c(c2C)CCCO3)c1C(OC(C)(C)C)C(=O)O. The molecule has 11 heteroatoms. The fourth-order valence-electron chi connectivity index (χ4n) is 5.41. The van der Waals surface area contributed by atoms with Gasteiger partial charge in [0.2, 0.25) is 0 Å². The van der Waals surface area contributed by atoms with Gasteiger partial charge >= 0.3 is 5.97 Å². The fraction of sp³-hybridized carbons (Fsp3) is 0.375. The van der Waals surface area contributed by atoms with Crippen molar-refractivity contribution in [2.24, 2.45) is 0 Å². The summed E-state index contributed by atoms with van der Waals surface area (Å²) in [4.78, 5) is 30.5. The van der Waals surface area contributed by atoms with Crippen molar-refractivity contribution < 1.29 is 28.6 Å². The maximum Gasteiger partial charge on any atom is 0.337 e. The Morgan fingerprint density at radius 1 is 1.23 bits per heavy atom. The van der Waals surface area contributed by atoms with Crippen LogP contribution in [0.5, 0.6) is 5.75 Å². The number of benzene rings is 2. The Morgan fingerprint density at radius 3 is 2.67 bits per heavy atom. The van der Waals surface area contributed by atoms with E-state index in [1.54, 1.807) is 33.8 Å². The Hall–Kier alpha value is -4.02. The molecule has 2 N–H and O–H groups in total. The van der Waals surface area contributed by atoms with Crippen LogP contribution in [0.3, 0.4) is 0 Å². The van der Waals surface area contributed by atoms with E-state index in [0.29, 0.717) is 59.2 Å². The predicted octanol–water partition coefficient (Wildman–Crippen LogP) is 6.04. The van der Waals surface area contributed by atoms with Crippen molar-refractivity contribution in [3.8, 4) is 17.0 Å². The van der Waals surface area contributed by atoms with Crippen molar-refractivity contribution >= 4 is 29.1 Å². The molecule has 3 heterocycles. The Labute approximate surface area is 254 Å². The maximum absolute atomic E-state index is 15.5. The molecule has 0 fully saturated rings. The molecule has 0 radical (unpaired) electrons. The summed E-state index contributed by atoms with van der Waals surface area (Å²) in [5, 5.41) is 18.4. The van der Waals surface area contributed by atoms with E-state index >= 15 is 4.39 Å². The molecule has 1 amide bonds. The third-order valence-electron chi connectivity index (χ3n) is 7.35. The van der Waals surface area contributed by atoms with Crippen LogP contribution in [0.1, 0.15) is 71.7 Å². The van der Waals surface area contributed by atoms with E-state index in [9.17, 15) is 14.7 Å². The molecule has 0 bridgehead atoms. The molecule has 226 valence electrons. The number of hydrogen-bond acceptors (Lipinski definition) is 6. The summed E-state index contributed by atoms with van der Waals surface area (Å²) < 4.78 is 28.6. The zero-order valence-electron chi connectivity index (χ0n) is 24.8. The van der Waals surface area contributed by atoms with E-state index in [-0.39, 0.29) is 17.0 Å². The molecule has 43 heavy (non-hydrogen) atoms. The van der Waals surface area contributed by atoms with Gasteiger partial charge in [-0.05, 0) is 77.1 Å². The van der Waals surface area contributed by atoms with Gasteiger partial charge in [0.1, 0.15) is 0 Å². The minimum absolute atomic E-state index is 0.0764. The molecule has 1 atom stereocenters. The van der Waals surface area contributed by atoms with E-state index in [2.05, 4.69) is 15.4 Å². The highest BCUT2D eigenvalue weighted by molar-refractivity contribution is 6.31. The zero-order valence-corrected chi connectivity index (χ0v) is 25.5. The fourth-order valence-corrected chi connectivity index (χ4v) is 5.64. The van der Waals surface area contributed by atoms with E-state index in [1.165, 1.54) is 16.6 Å². The highest BCUT2D eigenvalue weighted by atomic mass is 35.5. The molecule has 0 spiro atoms. The number of carbonyl (C=O) groups excluding carboxylic acids is 1. The molecular formula is C32H34ClFN4O5. The summed E-state index contributed by atoms with van der Waals surface area (Å²) in [7, 11) is 0. The Bertz CT molecular complexity index is 1730. The number of rotatable bonds is 8. The van der Waals surface area contributed by atoms with Crippen LogP contribution in [-0.4, -0.2) is 50.3 Å². The van der Waals surface area contributed by atoms with Gasteiger partial charge in [-0.25, -0.2) is 18.7 Å². The normalized spacial score (nSPS) is 13.8. The lowest BCUT2D eigenvalue weighted by Gasteiger charge is -2.28. The molecule has 2 aromatic carbocycles. The van der Waals surface area contributed by atoms with Gasteiger partial charge in [-0.1, -0.05) is 29.8 Å². The third kappa shape index (κ3) is 6.21. The zero-order chi connectivity index (χ0) is 31.1. The van der Waals surface area contributed by atoms with Crippen LogP contribution in [0.2, 0.25) is 5.02 Å². The van der Waals surface area contributed by atoms with E-state index in [1.807, 2.05) is 25.1 Å². The van der Waals surface area contributed by atoms with Crippen molar-refractivity contribution in [1.29, 1.82) is 0 Å². The van der Waals surface area contributed by atoms with Gasteiger partial charge in [-0.15, -0.1) is 0 Å². The number of nitrogens with zero attached hydrogens (tertiary/aromatic N) is 3. The summed E-state index contributed by atoms with van der Waals surface area (Å²) >= 11 is 6.25. The molecule has 0 saturated heterocycles. The number of aromatic nitrogens is 3. The molecule has 0 saturated carbocycles. The number of aryl methyl sites for hydroxylation is 1. The van der Waals surface area contributed by atoms with Crippen LogP contribution in [0, 0.1) is 19.7 Å². The molecule has 4 aromatic rings. The van der Waals surface area contributed by atoms with Crippen molar-refractivity contribution in [2.45, 2.75) is 65.6 Å². The number of carboxylic acid groups (broad SMARTS) is 1. The third-order valence-corrected chi connectivity index (χ3v) is 7.72. The van der Waals surface area contributed by atoms with Crippen LogP contribution in [0.15, 0.2) is 36.4 Å². The van der Waals surface area contributed by atoms with E-state index < -0.39 is 29.4 Å². The maximum atomic E-state index is 15.5. The molecule has 2 aromatic heterocycles. The standard InChI is InChI=1S/C32H34ClFN4O5/c1-17-20-10-8-14-42-28(20)23(34)15-21(17)27-26(29(31(40)41)43-32(3,4)5)18(2)36-25-16-24(37-38(25)27)30(39)35-13-12-19-9-6-7-11-22(19)33/h6-7,9,11,15-16,29H,8,10,12-14H2,1-5H3,(H,35,39)(H,40,41). The lowest BCUT2D eigenvalue weighted by atomic mass is 9.91. The molecule has 1 aliphatic rings. The van der Waals surface area contributed by atoms with Gasteiger partial charge in [0, 0.05) is 40.0 Å². The average Bonchev–Trinajstić information content (AvgIpc) is 3.37. The molecule has 1 unspecified atom stereocenters. The minimum atomic E-state index is -1.45. The molecule has 1 aliphatic heterocycles. The molecular weight excluding hydrogens is 575 g/mol. The second-order valence-corrected chi connectivity index (χ2v) is 12.0. The Morgan fingerprint density at radius 2 is 1.98 bits per heavy atom. The first-order chi connectivity index (χ1) is 20.4. The number of hydrogen-bond donors (Lipinski definition) is 2. The number of halogens is 2. The van der Waals surface area contributed by atoms with Crippen molar-refractivity contribution in [1.82, 2.24) is 19.9 Å². The average molecular weight is 609 g/mol. The number of amides is 1. The summed E-state index contributed by atoms with van der Waals surface area (Å²) in [6.45, 7) is 9.51. The van der Waals surface area contributed by atoms with Gasteiger partial charge in [0.15, 0.2) is 29.0 Å². The van der Waals surface area contributed by atoms with Gasteiger partial charge < -0.3 is 19.9 Å². The molecule has 0 aliphatic carbocycles. The lowest BCUT2D eigenvalue weighted by molar-refractivity contribution is -0.160. The first kappa shape index (κ1) is 30.4. The van der Waals surface area contributed by atoms with Gasteiger partial charge in [-0.2, -0.15) is 5.10 Å². The summed E-state index contributed by atoms with van der Waals surface area (Å²) in [6.07, 6.45) is 0.400. The molecule has 5 rings (SSSR count). The predicted molar refractivity (Wildman–Crippen MR) is 160 cm³/mol. The lowest BCUT2D eigenvalue weighted by Crippen LogP contribution is -2.29. The van der Waals surface area contributed by atoms with Crippen molar-refractivity contribution in [2.75, 3.05) is 13.2 Å². The van der Waals surface area contributed by atoms with Crippen molar-refractivity contribution in [3.63, 3.8) is 0 Å². The summed E-state index contributed by atoms with van der Waals surface area (Å²) in [6, 6.07) is 10.3. The topological polar surface area (TPSA) is 115 Å². The smallest absolute Gasteiger partial charge is 0.337 e. The number of carbonyl (C=O) groups is 2. The monoisotopic (exact) mass is 608 g/mol.